The molecule has 1 heteroatoms. The summed E-state index contributed by atoms with van der Waals surface area (Å²) in [5.74, 6) is 0. The molecule has 1 nitrogen and oxygen atoms in total. The average Bonchev–Trinajstić information content (AvgIpc) is 3.22. The first-order valence-corrected chi connectivity index (χ1v) is 17.5. The lowest BCUT2D eigenvalue weighted by atomic mass is 9.93. The van der Waals surface area contributed by atoms with Gasteiger partial charge in [-0.15, -0.1) is 0 Å². The highest BCUT2D eigenvalue weighted by Gasteiger charge is 2.18. The van der Waals surface area contributed by atoms with Crippen LogP contribution in [-0.4, -0.2) is 0 Å². The van der Waals surface area contributed by atoms with Crippen molar-refractivity contribution < 1.29 is 0 Å². The molecule has 240 valence electrons. The molecule has 0 saturated carbocycles. The Morgan fingerprint density at radius 1 is 0.235 bits per heavy atom. The Hall–Kier alpha value is -6.70. The summed E-state index contributed by atoms with van der Waals surface area (Å²) in [7, 11) is 0. The van der Waals surface area contributed by atoms with Crippen LogP contribution in [-0.2, 0) is 0 Å². The fourth-order valence-electron chi connectivity index (χ4n) is 7.39. The summed E-state index contributed by atoms with van der Waals surface area (Å²) in [5.41, 5.74) is 12.9. The molecular formula is C50H35N. The Labute approximate surface area is 299 Å². The summed E-state index contributed by atoms with van der Waals surface area (Å²) in [5, 5.41) is 4.97. The summed E-state index contributed by atoms with van der Waals surface area (Å²) in [6.07, 6.45) is 0. The second-order valence-electron chi connectivity index (χ2n) is 13.0. The fourth-order valence-corrected chi connectivity index (χ4v) is 7.39. The van der Waals surface area contributed by atoms with Gasteiger partial charge in [0, 0.05) is 17.1 Å². The molecule has 9 aromatic rings. The zero-order valence-electron chi connectivity index (χ0n) is 28.2. The van der Waals surface area contributed by atoms with E-state index in [0.717, 1.165) is 17.1 Å². The van der Waals surface area contributed by atoms with Gasteiger partial charge in [-0.05, 0) is 102 Å². The van der Waals surface area contributed by atoms with Gasteiger partial charge in [0.25, 0.3) is 0 Å². The second-order valence-corrected chi connectivity index (χ2v) is 13.0. The largest absolute Gasteiger partial charge is 0.310 e. The van der Waals surface area contributed by atoms with E-state index in [1.165, 1.54) is 66.1 Å². The van der Waals surface area contributed by atoms with E-state index in [1.807, 2.05) is 0 Å². The fraction of sp³-hybridized carbons (Fsp3) is 0. The molecule has 0 saturated heterocycles. The minimum atomic E-state index is 1.10. The molecule has 0 bridgehead atoms. The van der Waals surface area contributed by atoms with Crippen molar-refractivity contribution in [3.8, 4) is 44.5 Å². The Morgan fingerprint density at radius 3 is 1.37 bits per heavy atom. The molecule has 9 rings (SSSR count). The van der Waals surface area contributed by atoms with Gasteiger partial charge in [0.2, 0.25) is 0 Å². The zero-order chi connectivity index (χ0) is 34.0. The van der Waals surface area contributed by atoms with Crippen molar-refractivity contribution >= 4 is 38.6 Å². The van der Waals surface area contributed by atoms with Crippen LogP contribution >= 0.6 is 0 Å². The maximum absolute atomic E-state index is 2.41. The highest BCUT2D eigenvalue weighted by Crippen LogP contribution is 2.43. The maximum Gasteiger partial charge on any atom is 0.0468 e. The van der Waals surface area contributed by atoms with Gasteiger partial charge in [0.05, 0.1) is 0 Å². The molecule has 0 spiro atoms. The minimum Gasteiger partial charge on any atom is -0.310 e. The van der Waals surface area contributed by atoms with Gasteiger partial charge in [-0.3, -0.25) is 0 Å². The molecule has 0 aliphatic rings. The van der Waals surface area contributed by atoms with Crippen molar-refractivity contribution in [1.29, 1.82) is 0 Å². The predicted molar refractivity (Wildman–Crippen MR) is 218 cm³/mol. The lowest BCUT2D eigenvalue weighted by molar-refractivity contribution is 1.29. The number of hydrogen-bond acceptors (Lipinski definition) is 1. The van der Waals surface area contributed by atoms with E-state index in [2.05, 4.69) is 217 Å². The Balaban J connectivity index is 1.27. The van der Waals surface area contributed by atoms with Gasteiger partial charge >= 0.3 is 0 Å². The number of fused-ring (bicyclic) bond motifs is 3. The zero-order valence-corrected chi connectivity index (χ0v) is 28.2. The molecule has 0 aromatic heterocycles. The summed E-state index contributed by atoms with van der Waals surface area (Å²) in [6, 6.07) is 76.7. The lowest BCUT2D eigenvalue weighted by Gasteiger charge is -2.28. The first-order chi connectivity index (χ1) is 25.3. The maximum atomic E-state index is 2.41. The molecule has 0 N–H and O–H groups in total. The van der Waals surface area contributed by atoms with E-state index < -0.39 is 0 Å². The molecule has 0 amide bonds. The van der Waals surface area contributed by atoms with Crippen LogP contribution in [0, 0.1) is 0 Å². The molecule has 0 aliphatic carbocycles. The van der Waals surface area contributed by atoms with E-state index in [4.69, 9.17) is 0 Å². The summed E-state index contributed by atoms with van der Waals surface area (Å²) < 4.78 is 0. The SMILES string of the molecule is c1ccc(-c2ccccc2-c2cccc(N(c3ccc(-c4ccccc4)c(-c4ccccc4)c3)c3ccc4ccc5ccccc5c4c3)c2)cc1. The highest BCUT2D eigenvalue weighted by atomic mass is 15.1. The van der Waals surface area contributed by atoms with E-state index in [-0.39, 0.29) is 0 Å². The summed E-state index contributed by atoms with van der Waals surface area (Å²) in [6.45, 7) is 0. The minimum absolute atomic E-state index is 1.10. The number of nitrogens with zero attached hydrogens (tertiary/aromatic N) is 1. The van der Waals surface area contributed by atoms with Crippen LogP contribution in [0.5, 0.6) is 0 Å². The first kappa shape index (κ1) is 30.4. The number of rotatable bonds is 7. The number of hydrogen-bond donors (Lipinski definition) is 0. The van der Waals surface area contributed by atoms with E-state index in [1.54, 1.807) is 0 Å². The molecule has 0 atom stereocenters. The van der Waals surface area contributed by atoms with Crippen LogP contribution in [0.15, 0.2) is 212 Å². The van der Waals surface area contributed by atoms with Crippen molar-refractivity contribution in [2.24, 2.45) is 0 Å². The van der Waals surface area contributed by atoms with Gasteiger partial charge in [-0.2, -0.15) is 0 Å². The van der Waals surface area contributed by atoms with Crippen molar-refractivity contribution in [2.75, 3.05) is 4.90 Å². The third-order valence-electron chi connectivity index (χ3n) is 9.85. The van der Waals surface area contributed by atoms with Crippen LogP contribution in [0.4, 0.5) is 17.1 Å². The van der Waals surface area contributed by atoms with Crippen LogP contribution in [0.1, 0.15) is 0 Å². The predicted octanol–water partition coefficient (Wildman–Crippen LogP) is 14.1. The average molecular weight is 650 g/mol. The van der Waals surface area contributed by atoms with E-state index in [9.17, 15) is 0 Å². The molecule has 0 unspecified atom stereocenters. The molecule has 0 aliphatic heterocycles. The lowest BCUT2D eigenvalue weighted by Crippen LogP contribution is -2.10. The van der Waals surface area contributed by atoms with Crippen LogP contribution in [0.3, 0.4) is 0 Å². The topological polar surface area (TPSA) is 3.24 Å². The highest BCUT2D eigenvalue weighted by molar-refractivity contribution is 6.09. The van der Waals surface area contributed by atoms with Gasteiger partial charge in [0.1, 0.15) is 0 Å². The van der Waals surface area contributed by atoms with Crippen molar-refractivity contribution in [3.63, 3.8) is 0 Å². The molecular weight excluding hydrogens is 615 g/mol. The van der Waals surface area contributed by atoms with Crippen LogP contribution in [0.25, 0.3) is 66.1 Å². The monoisotopic (exact) mass is 649 g/mol. The summed E-state index contributed by atoms with van der Waals surface area (Å²) in [4.78, 5) is 2.41. The van der Waals surface area contributed by atoms with Crippen molar-refractivity contribution in [1.82, 2.24) is 0 Å². The first-order valence-electron chi connectivity index (χ1n) is 17.5. The normalized spacial score (nSPS) is 11.1. The van der Waals surface area contributed by atoms with E-state index in [0.29, 0.717) is 0 Å². The smallest absolute Gasteiger partial charge is 0.0468 e. The molecule has 0 heterocycles. The van der Waals surface area contributed by atoms with Gasteiger partial charge in [-0.1, -0.05) is 176 Å². The van der Waals surface area contributed by atoms with Gasteiger partial charge in [0.15, 0.2) is 0 Å². The quantitative estimate of drug-likeness (QED) is 0.155. The Bertz CT molecular complexity index is 2620. The van der Waals surface area contributed by atoms with Crippen molar-refractivity contribution in [2.45, 2.75) is 0 Å². The third kappa shape index (κ3) is 5.86. The third-order valence-corrected chi connectivity index (χ3v) is 9.85. The van der Waals surface area contributed by atoms with Gasteiger partial charge < -0.3 is 4.90 Å². The van der Waals surface area contributed by atoms with E-state index >= 15 is 0 Å². The van der Waals surface area contributed by atoms with Gasteiger partial charge in [-0.25, -0.2) is 0 Å². The van der Waals surface area contributed by atoms with Crippen molar-refractivity contribution in [3.05, 3.63) is 212 Å². The standard InChI is InChI=1S/C50H35N/c1-4-15-36(16-5-1)45-24-12-13-26-47(45)41-22-14-23-42(33-41)51(43-30-29-40-28-27-39-21-10-11-25-46(39)50(40)34-43)44-31-32-48(37-17-6-2-7-18-37)49(35-44)38-19-8-3-9-20-38/h1-35H. The molecule has 51 heavy (non-hydrogen) atoms. The van der Waals surface area contributed by atoms with Crippen LogP contribution < -0.4 is 4.90 Å². The molecule has 0 fully saturated rings. The number of benzene rings is 9. The Kier molecular flexibility index (Phi) is 7.92. The summed E-state index contributed by atoms with van der Waals surface area (Å²) >= 11 is 0. The van der Waals surface area contributed by atoms with Crippen LogP contribution in [0.2, 0.25) is 0 Å². The molecule has 9 aromatic carbocycles. The second kappa shape index (κ2) is 13.3. The number of anilines is 3. The Morgan fingerprint density at radius 2 is 0.686 bits per heavy atom. The molecule has 0 radical (unpaired) electrons.